The lowest BCUT2D eigenvalue weighted by atomic mass is 10.1. The van der Waals surface area contributed by atoms with Gasteiger partial charge in [-0.2, -0.15) is 0 Å². The topological polar surface area (TPSA) is 75.7 Å². The highest BCUT2D eigenvalue weighted by Gasteiger charge is 2.40. The maximum Gasteiger partial charge on any atom is 0.360 e. The molecule has 1 aliphatic heterocycles. The van der Waals surface area contributed by atoms with Gasteiger partial charge in [-0.25, -0.2) is 14.3 Å². The molecule has 0 radical (unpaired) electrons. The van der Waals surface area contributed by atoms with Crippen LogP contribution in [0.4, 0.5) is 0 Å². The molecule has 0 aromatic heterocycles. The van der Waals surface area contributed by atoms with Crippen LogP contribution in [0.5, 0.6) is 0 Å². The van der Waals surface area contributed by atoms with E-state index >= 15 is 0 Å². The molecule has 1 aliphatic rings. The van der Waals surface area contributed by atoms with Gasteiger partial charge in [-0.05, 0) is 32.1 Å². The maximum absolute atomic E-state index is 11.2. The Morgan fingerprint density at radius 1 is 1.07 bits per heavy atom. The van der Waals surface area contributed by atoms with Gasteiger partial charge in [-0.3, -0.25) is 5.73 Å². The Balaban J connectivity index is 2.07. The van der Waals surface area contributed by atoms with Crippen LogP contribution in [0.3, 0.4) is 0 Å². The number of nitrogens with two attached hydrogens (primary N) is 1. The van der Waals surface area contributed by atoms with E-state index in [1.165, 1.54) is 70.6 Å². The van der Waals surface area contributed by atoms with Crippen LogP contribution in [-0.2, 0) is 4.79 Å². The number of amidine groups is 1. The summed E-state index contributed by atoms with van der Waals surface area (Å²) in [5.41, 5.74) is 6.09. The summed E-state index contributed by atoms with van der Waals surface area (Å²) in [5.74, 6) is 0.0514. The number of quaternary nitrogens is 1. The molecule has 5 nitrogen and oxygen atoms in total. The molecule has 0 aromatic rings. The zero-order chi connectivity index (χ0) is 20.7. The molecule has 3 N–H and O–H groups in total. The summed E-state index contributed by atoms with van der Waals surface area (Å²) >= 11 is 0. The number of hydrogen-bond donors (Lipinski definition) is 2. The van der Waals surface area contributed by atoms with Gasteiger partial charge < -0.3 is 5.11 Å². The fourth-order valence-corrected chi connectivity index (χ4v) is 3.76. The van der Waals surface area contributed by atoms with E-state index in [0.717, 1.165) is 18.7 Å². The summed E-state index contributed by atoms with van der Waals surface area (Å²) in [4.78, 5) is 15.7. The third kappa shape index (κ3) is 9.16. The summed E-state index contributed by atoms with van der Waals surface area (Å²) in [7, 11) is 0. The molecule has 0 spiro atoms. The number of nitrogens with zero attached hydrogens (tertiary/aromatic N) is 2. The SMILES string of the molecule is CCCCC/C=C/CCCCCCCCCC1=NC=C[N+]1(CC(=O)O)C(C)N. The Morgan fingerprint density at radius 2 is 1.64 bits per heavy atom. The average molecular weight is 393 g/mol. The second kappa shape index (κ2) is 14.5. The predicted molar refractivity (Wildman–Crippen MR) is 118 cm³/mol. The van der Waals surface area contributed by atoms with Crippen molar-refractivity contribution in [2.45, 2.75) is 103 Å². The Morgan fingerprint density at radius 3 is 2.21 bits per heavy atom. The minimum atomic E-state index is -0.840. The van der Waals surface area contributed by atoms with Crippen LogP contribution in [0.25, 0.3) is 0 Å². The third-order valence-corrected chi connectivity index (χ3v) is 5.57. The summed E-state index contributed by atoms with van der Waals surface area (Å²) in [6.07, 6.45) is 23.9. The summed E-state index contributed by atoms with van der Waals surface area (Å²) in [5, 5.41) is 9.24. The number of unbranched alkanes of at least 4 members (excludes halogenated alkanes) is 10. The van der Waals surface area contributed by atoms with Gasteiger partial charge in [0.05, 0.1) is 6.20 Å². The van der Waals surface area contributed by atoms with Crippen molar-refractivity contribution < 1.29 is 14.4 Å². The molecule has 1 heterocycles. The second-order valence-corrected chi connectivity index (χ2v) is 8.05. The number of aliphatic imine (C=N–C) groups is 1. The van der Waals surface area contributed by atoms with E-state index in [2.05, 4.69) is 24.1 Å². The zero-order valence-corrected chi connectivity index (χ0v) is 18.1. The number of carboxylic acids is 1. The molecule has 2 unspecified atom stereocenters. The van der Waals surface area contributed by atoms with Crippen LogP contribution in [0, 0.1) is 0 Å². The van der Waals surface area contributed by atoms with Crippen molar-refractivity contribution in [1.82, 2.24) is 0 Å². The first-order chi connectivity index (χ1) is 13.5. The molecule has 2 atom stereocenters. The van der Waals surface area contributed by atoms with Gasteiger partial charge in [0.25, 0.3) is 0 Å². The van der Waals surface area contributed by atoms with E-state index in [9.17, 15) is 9.90 Å². The number of allylic oxidation sites excluding steroid dienone is 2. The van der Waals surface area contributed by atoms with E-state index in [0.29, 0.717) is 0 Å². The Hall–Kier alpha value is -1.46. The van der Waals surface area contributed by atoms with Gasteiger partial charge in [-0.1, -0.05) is 64.0 Å². The van der Waals surface area contributed by atoms with Crippen molar-refractivity contribution in [3.8, 4) is 0 Å². The van der Waals surface area contributed by atoms with Crippen molar-refractivity contribution >= 4 is 11.8 Å². The van der Waals surface area contributed by atoms with Crippen molar-refractivity contribution in [1.29, 1.82) is 0 Å². The fraction of sp³-hybridized carbons (Fsp3) is 0.739. The molecule has 0 aromatic carbocycles. The zero-order valence-electron chi connectivity index (χ0n) is 18.1. The molecule has 0 aliphatic carbocycles. The normalized spacial score (nSPS) is 20.0. The van der Waals surface area contributed by atoms with E-state index in [1.807, 2.05) is 13.1 Å². The number of carboxylic acid groups (broad SMARTS) is 1. The van der Waals surface area contributed by atoms with Crippen molar-refractivity contribution in [3.05, 3.63) is 24.6 Å². The van der Waals surface area contributed by atoms with Gasteiger partial charge >= 0.3 is 5.97 Å². The Bertz CT molecular complexity index is 526. The molecule has 28 heavy (non-hydrogen) atoms. The highest BCUT2D eigenvalue weighted by molar-refractivity contribution is 5.81. The fourth-order valence-electron chi connectivity index (χ4n) is 3.76. The Kier molecular flexibility index (Phi) is 12.8. The van der Waals surface area contributed by atoms with Crippen molar-refractivity contribution in [2.24, 2.45) is 10.7 Å². The molecule has 0 fully saturated rings. The molecule has 1 rings (SSSR count). The first kappa shape index (κ1) is 24.6. The molecule has 5 heteroatoms. The lowest BCUT2D eigenvalue weighted by Gasteiger charge is -2.34. The number of rotatable bonds is 17. The largest absolute Gasteiger partial charge is 0.477 e. The molecule has 0 saturated carbocycles. The van der Waals surface area contributed by atoms with E-state index in [-0.39, 0.29) is 17.2 Å². The molecule has 0 saturated heterocycles. The van der Waals surface area contributed by atoms with Crippen molar-refractivity contribution in [2.75, 3.05) is 6.54 Å². The van der Waals surface area contributed by atoms with Crippen LogP contribution in [0.1, 0.15) is 97.3 Å². The first-order valence-electron chi connectivity index (χ1n) is 11.3. The van der Waals surface area contributed by atoms with Crippen molar-refractivity contribution in [3.63, 3.8) is 0 Å². The monoisotopic (exact) mass is 392 g/mol. The van der Waals surface area contributed by atoms with E-state index < -0.39 is 5.97 Å². The van der Waals surface area contributed by atoms with Gasteiger partial charge in [0.2, 0.25) is 5.84 Å². The minimum absolute atomic E-state index is 0.0277. The predicted octanol–water partition coefficient (Wildman–Crippen LogP) is 5.72. The lowest BCUT2D eigenvalue weighted by Crippen LogP contribution is -2.59. The maximum atomic E-state index is 11.2. The van der Waals surface area contributed by atoms with Crippen LogP contribution >= 0.6 is 0 Å². The minimum Gasteiger partial charge on any atom is -0.477 e. The number of aliphatic carboxylic acids is 1. The molecular weight excluding hydrogens is 350 g/mol. The molecule has 160 valence electrons. The van der Waals surface area contributed by atoms with Crippen LogP contribution in [0.15, 0.2) is 29.5 Å². The summed E-state index contributed by atoms with van der Waals surface area (Å²) in [6.45, 7) is 4.07. The standard InChI is InChI=1S/C23H41N3O2/c1-3-4-5-6-7-8-9-10-11-12-13-14-15-16-17-22-25-18-19-26(22,21(2)24)20-23(27)28/h7-8,18-19,21H,3-6,9-17,20,24H2,1-2H3/p+1/b8-7+. The number of hydrogen-bond acceptors (Lipinski definition) is 3. The van der Waals surface area contributed by atoms with Crippen LogP contribution in [0.2, 0.25) is 0 Å². The molecular formula is C23H42N3O2+. The van der Waals surface area contributed by atoms with Crippen LogP contribution in [-0.4, -0.2) is 34.1 Å². The smallest absolute Gasteiger partial charge is 0.360 e. The number of carbonyl (C=O) groups is 1. The van der Waals surface area contributed by atoms with Gasteiger partial charge in [0.1, 0.15) is 12.4 Å². The first-order valence-corrected chi connectivity index (χ1v) is 11.3. The third-order valence-electron chi connectivity index (χ3n) is 5.57. The second-order valence-electron chi connectivity index (χ2n) is 8.05. The van der Waals surface area contributed by atoms with Crippen LogP contribution < -0.4 is 5.73 Å². The quantitative estimate of drug-likeness (QED) is 0.189. The van der Waals surface area contributed by atoms with Gasteiger partial charge in [-0.15, -0.1) is 0 Å². The van der Waals surface area contributed by atoms with Gasteiger partial charge in [0, 0.05) is 13.3 Å². The highest BCUT2D eigenvalue weighted by atomic mass is 16.4. The summed E-state index contributed by atoms with van der Waals surface area (Å²) < 4.78 is 0.168. The van der Waals surface area contributed by atoms with E-state index in [4.69, 9.17) is 5.73 Å². The molecule has 0 amide bonds. The summed E-state index contributed by atoms with van der Waals surface area (Å²) in [6, 6.07) is 0. The Labute approximate surface area is 172 Å². The van der Waals surface area contributed by atoms with E-state index in [1.54, 1.807) is 6.20 Å². The highest BCUT2D eigenvalue weighted by Crippen LogP contribution is 2.23. The lowest BCUT2D eigenvalue weighted by molar-refractivity contribution is -0.805. The molecule has 0 bridgehead atoms. The van der Waals surface area contributed by atoms with Gasteiger partial charge in [0.15, 0.2) is 6.54 Å². The average Bonchev–Trinajstić information content (AvgIpc) is 3.05.